The second-order valence-electron chi connectivity index (χ2n) is 4.72. The Morgan fingerprint density at radius 2 is 2.27 bits per heavy atom. The maximum atomic E-state index is 11.9. The maximum absolute atomic E-state index is 11.9. The molecule has 1 heterocycles. The number of hydrogen-bond acceptors (Lipinski definition) is 2. The third kappa shape index (κ3) is 1.55. The largest absolute Gasteiger partial charge is 0.305 e. The van der Waals surface area contributed by atoms with Crippen LogP contribution >= 0.6 is 0 Å². The molecule has 2 aliphatic carbocycles. The number of hydrogen-bond donors (Lipinski definition) is 1. The highest BCUT2D eigenvalue weighted by Crippen LogP contribution is 2.30. The van der Waals surface area contributed by atoms with E-state index in [1.807, 2.05) is 6.08 Å². The Labute approximate surface area is 89.7 Å². The highest BCUT2D eigenvalue weighted by Gasteiger charge is 2.37. The predicted molar refractivity (Wildman–Crippen MR) is 58.9 cm³/mol. The maximum Gasteiger partial charge on any atom is 0.250 e. The molecular formula is C12H16N2O. The lowest BCUT2D eigenvalue weighted by molar-refractivity contribution is -0.121. The van der Waals surface area contributed by atoms with Gasteiger partial charge in [-0.25, -0.2) is 4.99 Å². The standard InChI is InChI=1S/C12H16N2O/c15-12-8-4-3-7-9(8)13-10-5-1-2-6-11(10)14-12/h2,6,8-10,13H,1,3-5,7H2. The number of nitrogens with zero attached hydrogens (tertiary/aromatic N) is 1. The molecule has 0 aromatic carbocycles. The predicted octanol–water partition coefficient (Wildman–Crippen LogP) is 1.44. The molecule has 3 heteroatoms. The molecular weight excluding hydrogens is 188 g/mol. The van der Waals surface area contributed by atoms with Gasteiger partial charge in [0.2, 0.25) is 0 Å². The molecule has 0 aromatic heterocycles. The molecule has 1 N–H and O–H groups in total. The van der Waals surface area contributed by atoms with Gasteiger partial charge in [-0.2, -0.15) is 0 Å². The van der Waals surface area contributed by atoms with Crippen molar-refractivity contribution in [3.63, 3.8) is 0 Å². The normalized spacial score (nSPS) is 39.3. The van der Waals surface area contributed by atoms with Gasteiger partial charge in [-0.05, 0) is 31.8 Å². The van der Waals surface area contributed by atoms with Crippen LogP contribution in [0, 0.1) is 5.92 Å². The van der Waals surface area contributed by atoms with Crippen LogP contribution in [0.5, 0.6) is 0 Å². The second-order valence-corrected chi connectivity index (χ2v) is 4.72. The smallest absolute Gasteiger partial charge is 0.250 e. The zero-order valence-corrected chi connectivity index (χ0v) is 8.78. The Hall–Kier alpha value is -0.960. The van der Waals surface area contributed by atoms with Gasteiger partial charge in [0.1, 0.15) is 0 Å². The molecule has 3 atom stereocenters. The molecule has 0 saturated heterocycles. The summed E-state index contributed by atoms with van der Waals surface area (Å²) in [4.78, 5) is 16.2. The van der Waals surface area contributed by atoms with E-state index in [-0.39, 0.29) is 11.8 Å². The van der Waals surface area contributed by atoms with Gasteiger partial charge in [0.05, 0.1) is 17.7 Å². The number of aliphatic imine (C=N–C) groups is 1. The van der Waals surface area contributed by atoms with Crippen molar-refractivity contribution in [2.24, 2.45) is 10.9 Å². The molecule has 3 rings (SSSR count). The summed E-state index contributed by atoms with van der Waals surface area (Å²) in [5.74, 6) is 0.255. The fraction of sp³-hybridized carbons (Fsp3) is 0.667. The average Bonchev–Trinajstić information content (AvgIpc) is 2.64. The van der Waals surface area contributed by atoms with E-state index in [1.54, 1.807) is 0 Å². The van der Waals surface area contributed by atoms with Gasteiger partial charge >= 0.3 is 0 Å². The van der Waals surface area contributed by atoms with Crippen LogP contribution in [0.3, 0.4) is 0 Å². The fourth-order valence-corrected chi connectivity index (χ4v) is 2.94. The van der Waals surface area contributed by atoms with E-state index in [1.165, 1.54) is 6.42 Å². The van der Waals surface area contributed by atoms with Gasteiger partial charge in [0.15, 0.2) is 0 Å². The Kier molecular flexibility index (Phi) is 2.20. The molecule has 3 nitrogen and oxygen atoms in total. The molecule has 15 heavy (non-hydrogen) atoms. The highest BCUT2D eigenvalue weighted by molar-refractivity contribution is 6.07. The van der Waals surface area contributed by atoms with Crippen molar-refractivity contribution in [1.29, 1.82) is 0 Å². The van der Waals surface area contributed by atoms with Crippen molar-refractivity contribution in [2.45, 2.75) is 44.2 Å². The molecule has 80 valence electrons. The van der Waals surface area contributed by atoms with Crippen LogP contribution in [-0.2, 0) is 4.79 Å². The van der Waals surface area contributed by atoms with Crippen LogP contribution in [0.25, 0.3) is 0 Å². The first-order valence-corrected chi connectivity index (χ1v) is 5.89. The third-order valence-corrected chi connectivity index (χ3v) is 3.76. The van der Waals surface area contributed by atoms with E-state index in [4.69, 9.17) is 0 Å². The Morgan fingerprint density at radius 3 is 3.20 bits per heavy atom. The molecule has 0 bridgehead atoms. The van der Waals surface area contributed by atoms with Crippen LogP contribution in [0.4, 0.5) is 0 Å². The molecule has 1 saturated carbocycles. The summed E-state index contributed by atoms with van der Waals surface area (Å²) >= 11 is 0. The first-order chi connectivity index (χ1) is 7.34. The van der Waals surface area contributed by atoms with Gasteiger partial charge in [-0.15, -0.1) is 0 Å². The van der Waals surface area contributed by atoms with E-state index in [2.05, 4.69) is 16.4 Å². The number of amides is 1. The molecule has 1 aliphatic heterocycles. The van der Waals surface area contributed by atoms with Gasteiger partial charge < -0.3 is 5.32 Å². The molecule has 1 fully saturated rings. The topological polar surface area (TPSA) is 41.5 Å². The van der Waals surface area contributed by atoms with E-state index in [0.717, 1.165) is 31.4 Å². The van der Waals surface area contributed by atoms with Crippen molar-refractivity contribution in [2.75, 3.05) is 0 Å². The van der Waals surface area contributed by atoms with Crippen molar-refractivity contribution in [3.8, 4) is 0 Å². The first kappa shape index (κ1) is 9.28. The van der Waals surface area contributed by atoms with E-state index in [0.29, 0.717) is 12.1 Å². The van der Waals surface area contributed by atoms with Crippen molar-refractivity contribution < 1.29 is 4.79 Å². The number of allylic oxidation sites excluding steroid dienone is 1. The van der Waals surface area contributed by atoms with Crippen LogP contribution in [0.15, 0.2) is 17.1 Å². The van der Waals surface area contributed by atoms with Crippen LogP contribution in [0.1, 0.15) is 32.1 Å². The summed E-state index contributed by atoms with van der Waals surface area (Å²) in [5, 5.41) is 3.61. The van der Waals surface area contributed by atoms with Gasteiger partial charge in [0.25, 0.3) is 5.91 Å². The fourth-order valence-electron chi connectivity index (χ4n) is 2.94. The summed E-state index contributed by atoms with van der Waals surface area (Å²) in [6.45, 7) is 0. The van der Waals surface area contributed by atoms with Gasteiger partial charge in [-0.3, -0.25) is 4.79 Å². The molecule has 1 amide bonds. The third-order valence-electron chi connectivity index (χ3n) is 3.76. The Morgan fingerprint density at radius 1 is 1.33 bits per heavy atom. The SMILES string of the molecule is O=C1N=C2C=CCCC2NC2CCCC12. The van der Waals surface area contributed by atoms with Crippen LogP contribution in [-0.4, -0.2) is 23.7 Å². The van der Waals surface area contributed by atoms with Crippen LogP contribution < -0.4 is 5.32 Å². The lowest BCUT2D eigenvalue weighted by Crippen LogP contribution is -2.43. The van der Waals surface area contributed by atoms with E-state index in [9.17, 15) is 4.79 Å². The monoisotopic (exact) mass is 204 g/mol. The molecule has 3 aliphatic rings. The van der Waals surface area contributed by atoms with Crippen molar-refractivity contribution in [1.82, 2.24) is 5.32 Å². The summed E-state index contributed by atoms with van der Waals surface area (Å²) in [7, 11) is 0. The minimum Gasteiger partial charge on any atom is -0.305 e. The number of rotatable bonds is 0. The van der Waals surface area contributed by atoms with Crippen molar-refractivity contribution >= 4 is 11.6 Å². The summed E-state index contributed by atoms with van der Waals surface area (Å²) in [6, 6.07) is 0.710. The highest BCUT2D eigenvalue weighted by atomic mass is 16.1. The van der Waals surface area contributed by atoms with E-state index >= 15 is 0 Å². The zero-order valence-electron chi connectivity index (χ0n) is 8.78. The Balaban J connectivity index is 1.93. The minimum absolute atomic E-state index is 0.106. The summed E-state index contributed by atoms with van der Waals surface area (Å²) in [6.07, 6.45) is 9.64. The lowest BCUT2D eigenvalue weighted by atomic mass is 9.98. The molecule has 0 spiro atoms. The van der Waals surface area contributed by atoms with Crippen molar-refractivity contribution in [3.05, 3.63) is 12.2 Å². The molecule has 3 unspecified atom stereocenters. The number of carbonyl (C=O) groups excluding carboxylic acids is 1. The molecule has 0 aromatic rings. The van der Waals surface area contributed by atoms with Gasteiger partial charge in [-0.1, -0.05) is 12.5 Å². The minimum atomic E-state index is 0.106. The first-order valence-electron chi connectivity index (χ1n) is 5.89. The number of nitrogens with one attached hydrogen (secondary N) is 1. The molecule has 0 radical (unpaired) electrons. The number of carbonyl (C=O) groups is 1. The Bertz CT molecular complexity index is 346. The lowest BCUT2D eigenvalue weighted by Gasteiger charge is -2.23. The second kappa shape index (κ2) is 3.56. The van der Waals surface area contributed by atoms with Crippen LogP contribution in [0.2, 0.25) is 0 Å². The van der Waals surface area contributed by atoms with E-state index < -0.39 is 0 Å². The average molecular weight is 204 g/mol. The number of fused-ring (bicyclic) bond motifs is 2. The van der Waals surface area contributed by atoms with Gasteiger partial charge in [0, 0.05) is 6.04 Å². The summed E-state index contributed by atoms with van der Waals surface area (Å²) in [5.41, 5.74) is 0.959. The summed E-state index contributed by atoms with van der Waals surface area (Å²) < 4.78 is 0. The quantitative estimate of drug-likeness (QED) is 0.648. The zero-order chi connectivity index (χ0) is 10.3.